The van der Waals surface area contributed by atoms with Crippen molar-refractivity contribution >= 4 is 29.1 Å². The van der Waals surface area contributed by atoms with Crippen LogP contribution in [-0.4, -0.2) is 35.3 Å². The second kappa shape index (κ2) is 12.1. The minimum atomic E-state index is -0.778. The van der Waals surface area contributed by atoms with Gasteiger partial charge in [0.2, 0.25) is 0 Å². The molecule has 0 amide bonds. The lowest BCUT2D eigenvalue weighted by Crippen LogP contribution is -2.39. The third kappa shape index (κ3) is 5.86. The van der Waals surface area contributed by atoms with Gasteiger partial charge in [0.05, 0.1) is 58.2 Å². The molecule has 11 nitrogen and oxygen atoms in total. The quantitative estimate of drug-likeness (QED) is 0.152. The highest BCUT2D eigenvalue weighted by molar-refractivity contribution is 7.07. The third-order valence-electron chi connectivity index (χ3n) is 6.65. The molecule has 43 heavy (non-hydrogen) atoms. The van der Waals surface area contributed by atoms with Crippen molar-refractivity contribution in [3.63, 3.8) is 0 Å². The van der Waals surface area contributed by atoms with Gasteiger partial charge in [-0.05, 0) is 69.7 Å². The van der Waals surface area contributed by atoms with Crippen LogP contribution in [0.2, 0.25) is 0 Å². The number of nitro groups is 1. The Hall–Kier alpha value is -4.97. The summed E-state index contributed by atoms with van der Waals surface area (Å²) < 4.78 is 23.9. The Bertz CT molecular complexity index is 1910. The van der Waals surface area contributed by atoms with E-state index in [1.54, 1.807) is 56.3 Å². The molecular formula is C31H29N3O8S. The van der Waals surface area contributed by atoms with Gasteiger partial charge in [0.25, 0.3) is 11.2 Å². The molecule has 0 radical (unpaired) electrons. The van der Waals surface area contributed by atoms with Gasteiger partial charge in [-0.1, -0.05) is 23.5 Å². The predicted molar refractivity (Wildman–Crippen MR) is 160 cm³/mol. The first kappa shape index (κ1) is 29.5. The molecule has 2 aromatic heterocycles. The maximum atomic E-state index is 13.9. The van der Waals surface area contributed by atoms with E-state index in [0.717, 1.165) is 11.3 Å². The van der Waals surface area contributed by atoms with E-state index in [2.05, 4.69) is 4.99 Å². The zero-order valence-electron chi connectivity index (χ0n) is 24.2. The van der Waals surface area contributed by atoms with Crippen LogP contribution in [0, 0.1) is 10.1 Å². The first-order valence-electron chi connectivity index (χ1n) is 13.5. The van der Waals surface area contributed by atoms with E-state index < -0.39 is 16.9 Å². The molecule has 2 aromatic carbocycles. The lowest BCUT2D eigenvalue weighted by molar-refractivity contribution is -0.384. The number of rotatable bonds is 9. The van der Waals surface area contributed by atoms with Gasteiger partial charge >= 0.3 is 5.97 Å². The number of allylic oxidation sites excluding steroid dienone is 1. The Kier molecular flexibility index (Phi) is 8.31. The van der Waals surface area contributed by atoms with Crippen molar-refractivity contribution in [1.82, 2.24) is 4.57 Å². The van der Waals surface area contributed by atoms with Crippen molar-refractivity contribution in [1.29, 1.82) is 0 Å². The number of ether oxygens (including phenoxy) is 3. The van der Waals surface area contributed by atoms with Gasteiger partial charge < -0.3 is 18.6 Å². The maximum Gasteiger partial charge on any atom is 0.338 e. The standard InChI is InChI=1S/C31H29N3O8S/c1-6-40-30(36)27-18(4)32-31-33(28(27)19-7-9-20(10-8-19)41-17(2)3)29(35)26(43-31)16-22-12-14-25(42-22)23-13-11-21(39-5)15-24(23)34(37)38/h7-17,28H,6H2,1-5H3/b26-16-/t28-/m0/s1. The number of hydrogen-bond donors (Lipinski definition) is 0. The van der Waals surface area contributed by atoms with Gasteiger partial charge in [-0.25, -0.2) is 9.79 Å². The van der Waals surface area contributed by atoms with Gasteiger partial charge in [0, 0.05) is 6.08 Å². The zero-order valence-corrected chi connectivity index (χ0v) is 25.0. The van der Waals surface area contributed by atoms with E-state index in [4.69, 9.17) is 18.6 Å². The van der Waals surface area contributed by atoms with Crippen LogP contribution in [0.3, 0.4) is 0 Å². The fourth-order valence-corrected chi connectivity index (χ4v) is 5.84. The largest absolute Gasteiger partial charge is 0.497 e. The van der Waals surface area contributed by atoms with Crippen LogP contribution >= 0.6 is 11.3 Å². The molecule has 5 rings (SSSR count). The van der Waals surface area contributed by atoms with Gasteiger partial charge in [0.15, 0.2) is 4.80 Å². The summed E-state index contributed by atoms with van der Waals surface area (Å²) in [6, 6.07) is 14.2. The number of hydrogen-bond acceptors (Lipinski definition) is 10. The number of methoxy groups -OCH3 is 1. The van der Waals surface area contributed by atoms with Gasteiger partial charge in [0.1, 0.15) is 23.0 Å². The molecule has 0 aliphatic carbocycles. The molecule has 0 saturated heterocycles. The van der Waals surface area contributed by atoms with Crippen LogP contribution in [0.4, 0.5) is 5.69 Å². The summed E-state index contributed by atoms with van der Waals surface area (Å²) in [7, 11) is 1.43. The molecular weight excluding hydrogens is 574 g/mol. The molecule has 0 fully saturated rings. The number of carbonyl (C=O) groups excluding carboxylic acids is 1. The molecule has 0 saturated carbocycles. The molecule has 1 aliphatic rings. The average Bonchev–Trinajstić information content (AvgIpc) is 3.56. The zero-order chi connectivity index (χ0) is 30.8. The summed E-state index contributed by atoms with van der Waals surface area (Å²) in [5, 5.41) is 11.7. The van der Waals surface area contributed by atoms with Crippen molar-refractivity contribution in [2.24, 2.45) is 4.99 Å². The molecule has 1 atom stereocenters. The summed E-state index contributed by atoms with van der Waals surface area (Å²) in [5.41, 5.74) is 1.13. The minimum Gasteiger partial charge on any atom is -0.497 e. The smallest absolute Gasteiger partial charge is 0.338 e. The summed E-state index contributed by atoms with van der Waals surface area (Å²) in [6.07, 6.45) is 1.54. The number of thiazole rings is 1. The van der Waals surface area contributed by atoms with Gasteiger partial charge in [-0.15, -0.1) is 0 Å². The van der Waals surface area contributed by atoms with E-state index in [1.165, 1.54) is 17.7 Å². The van der Waals surface area contributed by atoms with Crippen molar-refractivity contribution in [3.8, 4) is 22.8 Å². The van der Waals surface area contributed by atoms with E-state index in [0.29, 0.717) is 37.9 Å². The number of carbonyl (C=O) groups is 1. The van der Waals surface area contributed by atoms with Gasteiger partial charge in [-0.3, -0.25) is 19.5 Å². The molecule has 3 heterocycles. The molecule has 0 N–H and O–H groups in total. The lowest BCUT2D eigenvalue weighted by Gasteiger charge is -2.25. The Balaban J connectivity index is 1.60. The Labute approximate surface area is 250 Å². The molecule has 4 aromatic rings. The summed E-state index contributed by atoms with van der Waals surface area (Å²) in [5.74, 6) is 1.03. The maximum absolute atomic E-state index is 13.9. The lowest BCUT2D eigenvalue weighted by atomic mass is 9.96. The highest BCUT2D eigenvalue weighted by Crippen LogP contribution is 2.35. The SMILES string of the molecule is CCOC(=O)C1=C(C)N=c2s/c(=C\c3ccc(-c4ccc(OC)cc4[N+](=O)[O-])o3)c(=O)n2[C@H]1c1ccc(OC(C)C)cc1. The molecule has 12 heteroatoms. The predicted octanol–water partition coefficient (Wildman–Crippen LogP) is 4.76. The second-order valence-corrected chi connectivity index (χ2v) is 10.9. The van der Waals surface area contributed by atoms with E-state index in [1.807, 2.05) is 26.0 Å². The Morgan fingerprint density at radius 1 is 1.16 bits per heavy atom. The number of nitrogens with zero attached hydrogens (tertiary/aromatic N) is 3. The Morgan fingerprint density at radius 2 is 1.88 bits per heavy atom. The topological polar surface area (TPSA) is 135 Å². The van der Waals surface area contributed by atoms with Crippen molar-refractivity contribution in [2.75, 3.05) is 13.7 Å². The number of benzene rings is 2. The minimum absolute atomic E-state index is 0.0151. The fraction of sp³-hybridized carbons (Fsp3) is 0.258. The van der Waals surface area contributed by atoms with E-state index in [9.17, 15) is 19.7 Å². The van der Waals surface area contributed by atoms with Crippen LogP contribution in [0.1, 0.15) is 45.1 Å². The van der Waals surface area contributed by atoms with Crippen molar-refractivity contribution in [3.05, 3.63) is 107 Å². The van der Waals surface area contributed by atoms with E-state index >= 15 is 0 Å². The van der Waals surface area contributed by atoms with Crippen molar-refractivity contribution in [2.45, 2.75) is 39.8 Å². The van der Waals surface area contributed by atoms with Gasteiger partial charge in [-0.2, -0.15) is 0 Å². The molecule has 0 bridgehead atoms. The average molecular weight is 604 g/mol. The molecule has 222 valence electrons. The molecule has 1 aliphatic heterocycles. The van der Waals surface area contributed by atoms with E-state index in [-0.39, 0.29) is 40.9 Å². The molecule has 0 spiro atoms. The summed E-state index contributed by atoms with van der Waals surface area (Å²) >= 11 is 1.15. The highest BCUT2D eigenvalue weighted by Gasteiger charge is 2.33. The number of furan rings is 1. The van der Waals surface area contributed by atoms with Crippen LogP contribution in [0.25, 0.3) is 17.4 Å². The first-order chi connectivity index (χ1) is 20.6. The first-order valence-corrected chi connectivity index (χ1v) is 14.3. The number of aromatic nitrogens is 1. The molecule has 0 unspecified atom stereocenters. The summed E-state index contributed by atoms with van der Waals surface area (Å²) in [6.45, 7) is 7.45. The Morgan fingerprint density at radius 3 is 2.53 bits per heavy atom. The van der Waals surface area contributed by atoms with Crippen LogP contribution in [0.5, 0.6) is 11.5 Å². The third-order valence-corrected chi connectivity index (χ3v) is 7.63. The number of esters is 1. The van der Waals surface area contributed by atoms with Crippen LogP contribution < -0.4 is 24.4 Å². The van der Waals surface area contributed by atoms with Crippen LogP contribution in [0.15, 0.2) is 80.1 Å². The van der Waals surface area contributed by atoms with Crippen LogP contribution in [-0.2, 0) is 9.53 Å². The van der Waals surface area contributed by atoms with Crippen molar-refractivity contribution < 1.29 is 28.3 Å². The monoisotopic (exact) mass is 603 g/mol. The number of nitro benzene ring substituents is 1. The fourth-order valence-electron chi connectivity index (χ4n) is 4.81. The second-order valence-electron chi connectivity index (χ2n) is 9.88. The number of fused-ring (bicyclic) bond motifs is 1. The highest BCUT2D eigenvalue weighted by atomic mass is 32.1. The normalized spacial score (nSPS) is 14.8. The summed E-state index contributed by atoms with van der Waals surface area (Å²) in [4.78, 5) is 43.2.